The lowest BCUT2D eigenvalue weighted by Crippen LogP contribution is -2.32. The molecule has 4 nitrogen and oxygen atoms in total. The third kappa shape index (κ3) is 1.01. The van der Waals surface area contributed by atoms with Crippen molar-refractivity contribution in [3.8, 4) is 0 Å². The predicted octanol–water partition coefficient (Wildman–Crippen LogP) is 1.30. The lowest BCUT2D eigenvalue weighted by molar-refractivity contribution is -0.123. The van der Waals surface area contributed by atoms with Gasteiger partial charge in [0.25, 0.3) is 0 Å². The van der Waals surface area contributed by atoms with Crippen LogP contribution in [0.2, 0.25) is 0 Å². The Bertz CT molecular complexity index is 477. The summed E-state index contributed by atoms with van der Waals surface area (Å²) in [5.41, 5.74) is 1.55. The quantitative estimate of drug-likeness (QED) is 0.723. The van der Waals surface area contributed by atoms with Gasteiger partial charge in [-0.2, -0.15) is 0 Å². The Morgan fingerprint density at radius 1 is 1.29 bits per heavy atom. The van der Waals surface area contributed by atoms with Crippen LogP contribution in [0, 0.1) is 11.3 Å². The zero-order valence-corrected chi connectivity index (χ0v) is 10.7. The Morgan fingerprint density at radius 2 is 1.94 bits per heavy atom. The van der Waals surface area contributed by atoms with Crippen molar-refractivity contribution >= 4 is 5.78 Å². The van der Waals surface area contributed by atoms with Crippen molar-refractivity contribution in [2.24, 2.45) is 11.3 Å². The zero-order valence-electron chi connectivity index (χ0n) is 10.7. The number of ketones is 1. The average Bonchev–Trinajstić information content (AvgIpc) is 2.92. The first-order valence-electron chi connectivity index (χ1n) is 5.87. The predicted molar refractivity (Wildman–Crippen MR) is 61.9 cm³/mol. The molecular formula is C13H17NO3. The highest BCUT2D eigenvalue weighted by Crippen LogP contribution is 2.67. The average molecular weight is 235 g/mol. The molecule has 3 aliphatic rings. The maximum atomic E-state index is 12.5. The second-order valence-electron chi connectivity index (χ2n) is 5.12. The molecule has 92 valence electrons. The molecule has 0 unspecified atom stereocenters. The zero-order chi connectivity index (χ0) is 12.4. The van der Waals surface area contributed by atoms with Crippen molar-refractivity contribution in [1.82, 2.24) is 4.90 Å². The molecule has 0 amide bonds. The van der Waals surface area contributed by atoms with Gasteiger partial charge in [-0.15, -0.1) is 0 Å². The number of hydrogen-bond donors (Lipinski definition) is 0. The van der Waals surface area contributed by atoms with Crippen LogP contribution in [0.3, 0.4) is 0 Å². The molecule has 1 aliphatic heterocycles. The second kappa shape index (κ2) is 3.06. The molecule has 0 aromatic rings. The van der Waals surface area contributed by atoms with Crippen LogP contribution in [0.1, 0.15) is 13.3 Å². The van der Waals surface area contributed by atoms with E-state index < -0.39 is 0 Å². The highest BCUT2D eigenvalue weighted by Gasteiger charge is 2.70. The first-order valence-corrected chi connectivity index (χ1v) is 5.87. The molecule has 2 atom stereocenters. The van der Waals surface area contributed by atoms with Crippen LogP contribution < -0.4 is 0 Å². The van der Waals surface area contributed by atoms with Crippen molar-refractivity contribution in [2.45, 2.75) is 13.3 Å². The van der Waals surface area contributed by atoms with E-state index in [0.29, 0.717) is 11.7 Å². The highest BCUT2D eigenvalue weighted by atomic mass is 16.5. The fourth-order valence-corrected chi connectivity index (χ4v) is 3.51. The summed E-state index contributed by atoms with van der Waals surface area (Å²) < 4.78 is 10.8. The number of allylic oxidation sites excluding steroid dienone is 3. The Hall–Kier alpha value is -1.45. The van der Waals surface area contributed by atoms with Gasteiger partial charge in [0.1, 0.15) is 5.76 Å². The lowest BCUT2D eigenvalue weighted by atomic mass is 9.86. The van der Waals surface area contributed by atoms with Gasteiger partial charge in [-0.05, 0) is 19.3 Å². The standard InChI is InChI=1S/C13H17NO3/c1-7-9(16-3)11-13(12(15)10(7)17-4)5-8(13)6-14(11)2/h8H,5-6H2,1-4H3/t8-,13+/m1/s1. The summed E-state index contributed by atoms with van der Waals surface area (Å²) in [6.45, 7) is 2.83. The van der Waals surface area contributed by atoms with Gasteiger partial charge in [0.05, 0.1) is 25.3 Å². The van der Waals surface area contributed by atoms with Crippen LogP contribution in [-0.2, 0) is 14.3 Å². The van der Waals surface area contributed by atoms with Crippen LogP contribution in [-0.4, -0.2) is 38.5 Å². The van der Waals surface area contributed by atoms with Gasteiger partial charge in [-0.25, -0.2) is 0 Å². The van der Waals surface area contributed by atoms with Crippen LogP contribution in [0.15, 0.2) is 22.8 Å². The van der Waals surface area contributed by atoms with Crippen LogP contribution >= 0.6 is 0 Å². The summed E-state index contributed by atoms with van der Waals surface area (Å²) >= 11 is 0. The molecule has 3 rings (SSSR count). The van der Waals surface area contributed by atoms with E-state index in [-0.39, 0.29) is 11.2 Å². The maximum absolute atomic E-state index is 12.5. The van der Waals surface area contributed by atoms with E-state index in [4.69, 9.17) is 9.47 Å². The summed E-state index contributed by atoms with van der Waals surface area (Å²) in [6, 6.07) is 0. The van der Waals surface area contributed by atoms with Crippen LogP contribution in [0.5, 0.6) is 0 Å². The second-order valence-corrected chi connectivity index (χ2v) is 5.12. The van der Waals surface area contributed by atoms with Crippen molar-refractivity contribution < 1.29 is 14.3 Å². The van der Waals surface area contributed by atoms with Gasteiger partial charge in [0.15, 0.2) is 5.76 Å². The number of ether oxygens (including phenoxy) is 2. The molecular weight excluding hydrogens is 218 g/mol. The van der Waals surface area contributed by atoms with E-state index in [1.54, 1.807) is 14.2 Å². The molecule has 0 bridgehead atoms. The smallest absolute Gasteiger partial charge is 0.210 e. The molecule has 0 aromatic carbocycles. The lowest BCUT2D eigenvalue weighted by Gasteiger charge is -2.30. The molecule has 1 heterocycles. The fourth-order valence-electron chi connectivity index (χ4n) is 3.51. The van der Waals surface area contributed by atoms with E-state index in [0.717, 1.165) is 30.0 Å². The number of carbonyl (C=O) groups excluding carboxylic acids is 1. The van der Waals surface area contributed by atoms with E-state index in [2.05, 4.69) is 4.90 Å². The summed E-state index contributed by atoms with van der Waals surface area (Å²) in [5.74, 6) is 1.88. The normalized spacial score (nSPS) is 34.9. The number of nitrogens with zero attached hydrogens (tertiary/aromatic N) is 1. The minimum absolute atomic E-state index is 0.141. The molecule has 4 heteroatoms. The number of hydrogen-bond acceptors (Lipinski definition) is 4. The van der Waals surface area contributed by atoms with E-state index in [1.807, 2.05) is 14.0 Å². The molecule has 1 spiro atoms. The number of rotatable bonds is 2. The first kappa shape index (κ1) is 10.7. The minimum atomic E-state index is -0.328. The van der Waals surface area contributed by atoms with Gasteiger partial charge < -0.3 is 14.4 Å². The van der Waals surface area contributed by atoms with Crippen LogP contribution in [0.25, 0.3) is 0 Å². The maximum Gasteiger partial charge on any atom is 0.210 e. The summed E-state index contributed by atoms with van der Waals surface area (Å²) in [6.07, 6.45) is 0.943. The molecule has 0 radical (unpaired) electrons. The van der Waals surface area contributed by atoms with E-state index >= 15 is 0 Å². The van der Waals surface area contributed by atoms with Gasteiger partial charge in [-0.1, -0.05) is 0 Å². The van der Waals surface area contributed by atoms with Gasteiger partial charge in [0.2, 0.25) is 5.78 Å². The van der Waals surface area contributed by atoms with E-state index in [1.165, 1.54) is 0 Å². The van der Waals surface area contributed by atoms with Crippen molar-refractivity contribution in [3.63, 3.8) is 0 Å². The SMILES string of the molecule is COC1=C(C)C(OC)=C2N(C)C[C@H]3C[C@@]23C1=O. The van der Waals surface area contributed by atoms with Crippen molar-refractivity contribution in [1.29, 1.82) is 0 Å². The van der Waals surface area contributed by atoms with Crippen molar-refractivity contribution in [3.05, 3.63) is 22.8 Å². The molecule has 2 fully saturated rings. The van der Waals surface area contributed by atoms with Gasteiger partial charge >= 0.3 is 0 Å². The monoisotopic (exact) mass is 235 g/mol. The molecule has 1 saturated heterocycles. The summed E-state index contributed by atoms with van der Waals surface area (Å²) in [5, 5.41) is 0. The van der Waals surface area contributed by atoms with E-state index in [9.17, 15) is 4.79 Å². The largest absolute Gasteiger partial charge is 0.494 e. The Labute approximate surface area is 101 Å². The van der Waals surface area contributed by atoms with Crippen molar-refractivity contribution in [2.75, 3.05) is 27.8 Å². The number of Topliss-reactive ketones (excluding diaryl/α,β-unsaturated/α-hetero) is 1. The Balaban J connectivity index is 2.23. The fraction of sp³-hybridized carbons (Fsp3) is 0.615. The Kier molecular flexibility index (Phi) is 1.92. The summed E-state index contributed by atoms with van der Waals surface area (Å²) in [4.78, 5) is 14.7. The highest BCUT2D eigenvalue weighted by molar-refractivity contribution is 6.06. The first-order chi connectivity index (χ1) is 8.07. The molecule has 17 heavy (non-hydrogen) atoms. The number of carbonyl (C=O) groups is 1. The topological polar surface area (TPSA) is 38.8 Å². The number of likely N-dealkylation sites (tertiary alicyclic amines) is 1. The molecule has 1 saturated carbocycles. The van der Waals surface area contributed by atoms with Gasteiger partial charge in [0, 0.05) is 19.2 Å². The molecule has 2 aliphatic carbocycles. The molecule has 0 N–H and O–H groups in total. The van der Waals surface area contributed by atoms with Gasteiger partial charge in [-0.3, -0.25) is 4.79 Å². The molecule has 0 aromatic heterocycles. The third-order valence-corrected chi connectivity index (χ3v) is 4.32. The number of methoxy groups -OCH3 is 2. The summed E-state index contributed by atoms with van der Waals surface area (Å²) in [7, 11) is 5.24. The Morgan fingerprint density at radius 3 is 2.53 bits per heavy atom. The number of piperidine rings is 1. The minimum Gasteiger partial charge on any atom is -0.494 e. The third-order valence-electron chi connectivity index (χ3n) is 4.32. The van der Waals surface area contributed by atoms with Crippen LogP contribution in [0.4, 0.5) is 0 Å².